The number of nitrogens with zero attached hydrogens (tertiary/aromatic N) is 3. The van der Waals surface area contributed by atoms with Gasteiger partial charge in [0.2, 0.25) is 21.8 Å². The van der Waals surface area contributed by atoms with Gasteiger partial charge in [-0.2, -0.15) is 0 Å². The number of amides is 2. The number of non-ortho nitro benzene ring substituents is 1. The first-order chi connectivity index (χ1) is 20.0. The zero-order valence-corrected chi connectivity index (χ0v) is 26.8. The standard InChI is InChI=1S/C30H34Cl2N4O6S/c1-20-14-15-22(36(39)40)17-26(20)35(43(5,41)42)19-28(37)34(18-23-24(31)12-9-13-25(23)32)27(29(38)33-30(2,3)4)16-21-10-7-6-8-11-21/h6-15,17,27H,16,18-19H2,1-5H3,(H,33,38). The van der Waals surface area contributed by atoms with Gasteiger partial charge in [-0.05, 0) is 51.0 Å². The van der Waals surface area contributed by atoms with Gasteiger partial charge in [0.1, 0.15) is 12.6 Å². The fourth-order valence-corrected chi connectivity index (χ4v) is 5.85. The first-order valence-corrected chi connectivity index (χ1v) is 15.9. The molecule has 0 bridgehead atoms. The molecule has 1 atom stereocenters. The van der Waals surface area contributed by atoms with Crippen LogP contribution in [0.4, 0.5) is 11.4 Å². The number of halogens is 2. The van der Waals surface area contributed by atoms with Gasteiger partial charge in [-0.15, -0.1) is 0 Å². The zero-order chi connectivity index (χ0) is 32.1. The second kappa shape index (κ2) is 13.7. The fourth-order valence-electron chi connectivity index (χ4n) is 4.44. The van der Waals surface area contributed by atoms with Crippen LogP contribution in [0.25, 0.3) is 0 Å². The number of benzene rings is 3. The summed E-state index contributed by atoms with van der Waals surface area (Å²) in [4.78, 5) is 40.2. The van der Waals surface area contributed by atoms with E-state index in [1.807, 2.05) is 30.3 Å². The molecule has 10 nitrogen and oxygen atoms in total. The Labute approximate surface area is 261 Å². The molecule has 1 unspecified atom stereocenters. The van der Waals surface area contributed by atoms with Crippen LogP contribution < -0.4 is 9.62 Å². The number of carbonyl (C=O) groups is 2. The summed E-state index contributed by atoms with van der Waals surface area (Å²) in [5, 5.41) is 14.9. The van der Waals surface area contributed by atoms with Crippen molar-refractivity contribution in [3.8, 4) is 0 Å². The van der Waals surface area contributed by atoms with Crippen LogP contribution in [0.1, 0.15) is 37.5 Å². The maximum absolute atomic E-state index is 14.3. The van der Waals surface area contributed by atoms with Gasteiger partial charge in [0.05, 0.1) is 16.9 Å². The van der Waals surface area contributed by atoms with Crippen LogP contribution in [-0.2, 0) is 32.6 Å². The number of nitro groups is 1. The highest BCUT2D eigenvalue weighted by molar-refractivity contribution is 7.92. The molecule has 1 N–H and O–H groups in total. The van der Waals surface area contributed by atoms with Gasteiger partial charge < -0.3 is 10.2 Å². The van der Waals surface area contributed by atoms with E-state index in [0.29, 0.717) is 11.1 Å². The van der Waals surface area contributed by atoms with Crippen LogP contribution in [0.2, 0.25) is 10.0 Å². The lowest BCUT2D eigenvalue weighted by Crippen LogP contribution is -2.56. The number of rotatable bonds is 11. The number of nitrogens with one attached hydrogen (secondary N) is 1. The number of nitro benzene ring substituents is 1. The Morgan fingerprint density at radius 3 is 2.14 bits per heavy atom. The molecule has 0 saturated heterocycles. The molecule has 3 aromatic rings. The topological polar surface area (TPSA) is 130 Å². The number of hydrogen-bond acceptors (Lipinski definition) is 6. The lowest BCUT2D eigenvalue weighted by molar-refractivity contribution is -0.384. The van der Waals surface area contributed by atoms with Crippen molar-refractivity contribution in [3.63, 3.8) is 0 Å². The largest absolute Gasteiger partial charge is 0.350 e. The molecular formula is C30H34Cl2N4O6S. The predicted molar refractivity (Wildman–Crippen MR) is 169 cm³/mol. The van der Waals surface area contributed by atoms with E-state index < -0.39 is 44.9 Å². The Kier molecular flexibility index (Phi) is 10.8. The molecule has 0 fully saturated rings. The molecule has 2 amide bonds. The molecule has 230 valence electrons. The maximum atomic E-state index is 14.3. The lowest BCUT2D eigenvalue weighted by Gasteiger charge is -2.35. The summed E-state index contributed by atoms with van der Waals surface area (Å²) < 4.78 is 26.9. The van der Waals surface area contributed by atoms with Gasteiger partial charge in [-0.3, -0.25) is 24.0 Å². The van der Waals surface area contributed by atoms with Gasteiger partial charge in [0, 0.05) is 46.2 Å². The maximum Gasteiger partial charge on any atom is 0.271 e. The molecule has 0 aliphatic rings. The summed E-state index contributed by atoms with van der Waals surface area (Å²) in [5.74, 6) is -1.21. The smallest absolute Gasteiger partial charge is 0.271 e. The van der Waals surface area contributed by atoms with E-state index in [9.17, 15) is 28.1 Å². The van der Waals surface area contributed by atoms with Crippen molar-refractivity contribution in [3.05, 3.63) is 104 Å². The summed E-state index contributed by atoms with van der Waals surface area (Å²) in [6, 6.07) is 16.6. The van der Waals surface area contributed by atoms with Crippen molar-refractivity contribution in [2.24, 2.45) is 0 Å². The summed E-state index contributed by atoms with van der Waals surface area (Å²) >= 11 is 13.0. The van der Waals surface area contributed by atoms with Crippen molar-refractivity contribution in [2.75, 3.05) is 17.1 Å². The van der Waals surface area contributed by atoms with E-state index in [4.69, 9.17) is 23.2 Å². The molecule has 3 aromatic carbocycles. The van der Waals surface area contributed by atoms with Gasteiger partial charge in [-0.1, -0.05) is 65.7 Å². The molecule has 3 rings (SSSR count). The zero-order valence-electron chi connectivity index (χ0n) is 24.5. The Balaban J connectivity index is 2.17. The minimum Gasteiger partial charge on any atom is -0.350 e. The molecule has 13 heteroatoms. The predicted octanol–water partition coefficient (Wildman–Crippen LogP) is 5.53. The van der Waals surface area contributed by atoms with Crippen molar-refractivity contribution in [1.29, 1.82) is 0 Å². The number of carbonyl (C=O) groups excluding carboxylic acids is 2. The minimum atomic E-state index is -4.12. The van der Waals surface area contributed by atoms with Crippen LogP contribution in [0.15, 0.2) is 66.7 Å². The average Bonchev–Trinajstić information content (AvgIpc) is 2.90. The van der Waals surface area contributed by atoms with Crippen LogP contribution in [-0.4, -0.2) is 54.4 Å². The first-order valence-electron chi connectivity index (χ1n) is 13.3. The van der Waals surface area contributed by atoms with Gasteiger partial charge in [0.15, 0.2) is 0 Å². The summed E-state index contributed by atoms with van der Waals surface area (Å²) in [6.45, 7) is 6.04. The van der Waals surface area contributed by atoms with Crippen molar-refractivity contribution < 1.29 is 22.9 Å². The SMILES string of the molecule is Cc1ccc([N+](=O)[O-])cc1N(CC(=O)N(Cc1c(Cl)cccc1Cl)C(Cc1ccccc1)C(=O)NC(C)(C)C)S(C)(=O)=O. The normalized spacial score (nSPS) is 12.3. The molecule has 0 radical (unpaired) electrons. The van der Waals surface area contributed by atoms with E-state index in [1.54, 1.807) is 45.9 Å². The Bertz CT molecular complexity index is 1590. The molecule has 0 spiro atoms. The third-order valence-corrected chi connectivity index (χ3v) is 8.35. The van der Waals surface area contributed by atoms with E-state index in [2.05, 4.69) is 5.32 Å². The van der Waals surface area contributed by atoms with Crippen molar-refractivity contribution in [2.45, 2.75) is 52.2 Å². The fraction of sp³-hybridized carbons (Fsp3) is 0.333. The molecule has 0 aromatic heterocycles. The molecule has 0 heterocycles. The Morgan fingerprint density at radius 2 is 1.60 bits per heavy atom. The minimum absolute atomic E-state index is 0.0282. The Morgan fingerprint density at radius 1 is 1.00 bits per heavy atom. The molecule has 43 heavy (non-hydrogen) atoms. The van der Waals surface area contributed by atoms with Gasteiger partial charge in [-0.25, -0.2) is 8.42 Å². The lowest BCUT2D eigenvalue weighted by atomic mass is 10.0. The number of aryl methyl sites for hydroxylation is 1. The first kappa shape index (κ1) is 33.8. The molecule has 0 saturated carbocycles. The van der Waals surface area contributed by atoms with E-state index >= 15 is 0 Å². The second-order valence-electron chi connectivity index (χ2n) is 11.2. The third kappa shape index (κ3) is 9.16. The van der Waals surface area contributed by atoms with Crippen LogP contribution in [0, 0.1) is 17.0 Å². The quantitative estimate of drug-likeness (QED) is 0.215. The van der Waals surface area contributed by atoms with Gasteiger partial charge >= 0.3 is 0 Å². The van der Waals surface area contributed by atoms with Crippen molar-refractivity contribution in [1.82, 2.24) is 10.2 Å². The van der Waals surface area contributed by atoms with Crippen LogP contribution in [0.3, 0.4) is 0 Å². The van der Waals surface area contributed by atoms with Crippen LogP contribution >= 0.6 is 23.2 Å². The molecular weight excluding hydrogens is 615 g/mol. The molecule has 0 aliphatic carbocycles. The van der Waals surface area contributed by atoms with Crippen LogP contribution in [0.5, 0.6) is 0 Å². The highest BCUT2D eigenvalue weighted by Crippen LogP contribution is 2.30. The second-order valence-corrected chi connectivity index (χ2v) is 13.9. The average molecular weight is 650 g/mol. The number of hydrogen-bond donors (Lipinski definition) is 1. The highest BCUT2D eigenvalue weighted by Gasteiger charge is 2.35. The third-order valence-electron chi connectivity index (χ3n) is 6.51. The van der Waals surface area contributed by atoms with E-state index in [0.717, 1.165) is 22.2 Å². The highest BCUT2D eigenvalue weighted by atomic mass is 35.5. The molecule has 0 aliphatic heterocycles. The summed E-state index contributed by atoms with van der Waals surface area (Å²) in [6.07, 6.45) is 1.01. The van der Waals surface area contributed by atoms with E-state index in [-0.39, 0.29) is 34.4 Å². The number of anilines is 1. The van der Waals surface area contributed by atoms with Crippen molar-refractivity contribution >= 4 is 56.4 Å². The monoisotopic (exact) mass is 648 g/mol. The van der Waals surface area contributed by atoms with Gasteiger partial charge in [0.25, 0.3) is 5.69 Å². The summed E-state index contributed by atoms with van der Waals surface area (Å²) in [7, 11) is -4.12. The van der Waals surface area contributed by atoms with E-state index in [1.165, 1.54) is 17.0 Å². The summed E-state index contributed by atoms with van der Waals surface area (Å²) in [5.41, 5.74) is 0.511. The number of sulfonamides is 1. The Hall–Kier alpha value is -3.67.